The minimum Gasteiger partial charge on any atom is -0.314 e. The van der Waals surface area contributed by atoms with E-state index >= 15 is 0 Å². The van der Waals surface area contributed by atoms with Crippen molar-refractivity contribution in [1.29, 1.82) is 0 Å². The Morgan fingerprint density at radius 1 is 1.16 bits per heavy atom. The molecule has 106 valence electrons. The number of nitrogens with zero attached hydrogens (tertiary/aromatic N) is 1. The highest BCUT2D eigenvalue weighted by molar-refractivity contribution is 5.03. The van der Waals surface area contributed by atoms with Crippen molar-refractivity contribution in [2.24, 2.45) is 5.92 Å². The van der Waals surface area contributed by atoms with Gasteiger partial charge in [-0.1, -0.05) is 6.07 Å². The molecule has 0 aromatic carbocycles. The molecule has 1 aromatic rings. The van der Waals surface area contributed by atoms with Crippen LogP contribution in [0.5, 0.6) is 0 Å². The molecule has 0 atom stereocenters. The Hall–Kier alpha value is -1.10. The van der Waals surface area contributed by atoms with Gasteiger partial charge in [-0.15, -0.1) is 0 Å². The van der Waals surface area contributed by atoms with Crippen LogP contribution in [0.25, 0.3) is 0 Å². The van der Waals surface area contributed by atoms with Crippen molar-refractivity contribution in [3.8, 4) is 0 Å². The predicted octanol–water partition coefficient (Wildman–Crippen LogP) is 3.33. The zero-order valence-corrected chi connectivity index (χ0v) is 10.8. The summed E-state index contributed by atoms with van der Waals surface area (Å²) in [6.45, 7) is 0.776. The van der Waals surface area contributed by atoms with Gasteiger partial charge in [-0.05, 0) is 37.8 Å². The molecule has 2 nitrogen and oxygen atoms in total. The Morgan fingerprint density at radius 2 is 1.89 bits per heavy atom. The maximum atomic E-state index is 12.5. The number of halogens is 3. The summed E-state index contributed by atoms with van der Waals surface area (Å²) in [7, 11) is 0. The van der Waals surface area contributed by atoms with Crippen LogP contribution < -0.4 is 5.32 Å². The van der Waals surface area contributed by atoms with Crippen molar-refractivity contribution in [2.75, 3.05) is 6.54 Å². The zero-order valence-electron chi connectivity index (χ0n) is 10.8. The van der Waals surface area contributed by atoms with Gasteiger partial charge in [0.25, 0.3) is 0 Å². The molecule has 1 saturated carbocycles. The molecule has 1 N–H and O–H groups in total. The van der Waals surface area contributed by atoms with E-state index in [2.05, 4.69) is 10.3 Å². The monoisotopic (exact) mass is 272 g/mol. The topological polar surface area (TPSA) is 24.9 Å². The third kappa shape index (κ3) is 4.49. The lowest BCUT2D eigenvalue weighted by atomic mass is 9.85. The minimum atomic E-state index is -4.01. The molecular weight excluding hydrogens is 253 g/mol. The van der Waals surface area contributed by atoms with Gasteiger partial charge in [-0.3, -0.25) is 4.98 Å². The highest BCUT2D eigenvalue weighted by atomic mass is 19.4. The van der Waals surface area contributed by atoms with Crippen molar-refractivity contribution in [1.82, 2.24) is 10.3 Å². The number of rotatable bonds is 4. The first kappa shape index (κ1) is 14.3. The highest BCUT2D eigenvalue weighted by Crippen LogP contribution is 2.37. The number of hydrogen-bond donors (Lipinski definition) is 1. The summed E-state index contributed by atoms with van der Waals surface area (Å²) in [4.78, 5) is 4.22. The first-order valence-electron chi connectivity index (χ1n) is 6.75. The standard InChI is InChI=1S/C14H19F3N2/c15-14(16,17)11-4-6-13(7-5-11)19-10-8-12-3-1-2-9-18-12/h1-3,9,11,13,19H,4-8,10H2. The van der Waals surface area contributed by atoms with Gasteiger partial charge in [0.15, 0.2) is 0 Å². The van der Waals surface area contributed by atoms with Crippen molar-refractivity contribution in [3.05, 3.63) is 30.1 Å². The fourth-order valence-electron chi connectivity index (χ4n) is 2.58. The van der Waals surface area contributed by atoms with E-state index in [1.165, 1.54) is 0 Å². The average Bonchev–Trinajstić information content (AvgIpc) is 2.39. The molecule has 1 fully saturated rings. The van der Waals surface area contributed by atoms with E-state index in [1.54, 1.807) is 6.20 Å². The summed E-state index contributed by atoms with van der Waals surface area (Å²) >= 11 is 0. The second-order valence-electron chi connectivity index (χ2n) is 5.12. The van der Waals surface area contributed by atoms with Crippen molar-refractivity contribution in [3.63, 3.8) is 0 Å². The van der Waals surface area contributed by atoms with E-state index in [1.807, 2.05) is 18.2 Å². The van der Waals surface area contributed by atoms with Gasteiger partial charge in [0.1, 0.15) is 0 Å². The molecular formula is C14H19F3N2. The fraction of sp³-hybridized carbons (Fsp3) is 0.643. The van der Waals surface area contributed by atoms with Gasteiger partial charge < -0.3 is 5.32 Å². The fourth-order valence-corrected chi connectivity index (χ4v) is 2.58. The highest BCUT2D eigenvalue weighted by Gasteiger charge is 2.41. The number of aromatic nitrogens is 1. The van der Waals surface area contributed by atoms with Gasteiger partial charge in [-0.25, -0.2) is 0 Å². The first-order valence-corrected chi connectivity index (χ1v) is 6.75. The van der Waals surface area contributed by atoms with Crippen molar-refractivity contribution in [2.45, 2.75) is 44.3 Å². The maximum Gasteiger partial charge on any atom is 0.391 e. The Kier molecular flexibility index (Phi) is 4.80. The van der Waals surface area contributed by atoms with E-state index in [9.17, 15) is 13.2 Å². The third-order valence-corrected chi connectivity index (χ3v) is 3.73. The van der Waals surface area contributed by atoms with E-state index in [0.29, 0.717) is 12.8 Å². The van der Waals surface area contributed by atoms with Crippen LogP contribution in [0, 0.1) is 5.92 Å². The first-order chi connectivity index (χ1) is 9.05. The van der Waals surface area contributed by atoms with E-state index in [4.69, 9.17) is 0 Å². The molecule has 0 radical (unpaired) electrons. The lowest BCUT2D eigenvalue weighted by molar-refractivity contribution is -0.182. The molecule has 2 rings (SSSR count). The number of pyridine rings is 1. The largest absolute Gasteiger partial charge is 0.391 e. The third-order valence-electron chi connectivity index (χ3n) is 3.73. The smallest absolute Gasteiger partial charge is 0.314 e. The van der Waals surface area contributed by atoms with Crippen LogP contribution in [0.4, 0.5) is 13.2 Å². The summed E-state index contributed by atoms with van der Waals surface area (Å²) in [6.07, 6.45) is 0.303. The summed E-state index contributed by atoms with van der Waals surface area (Å²) in [6, 6.07) is 6.00. The van der Waals surface area contributed by atoms with Gasteiger partial charge in [0, 0.05) is 30.9 Å². The molecule has 1 aliphatic carbocycles. The zero-order chi connectivity index (χ0) is 13.7. The number of alkyl halides is 3. The van der Waals surface area contributed by atoms with Crippen LogP contribution in [0.2, 0.25) is 0 Å². The summed E-state index contributed by atoms with van der Waals surface area (Å²) in [5.41, 5.74) is 1.01. The molecule has 0 amide bonds. The Bertz CT molecular complexity index is 370. The van der Waals surface area contributed by atoms with Crippen LogP contribution in [0.1, 0.15) is 31.4 Å². The summed E-state index contributed by atoms with van der Waals surface area (Å²) in [5.74, 6) is -1.10. The van der Waals surface area contributed by atoms with Crippen molar-refractivity contribution < 1.29 is 13.2 Å². The molecule has 0 bridgehead atoms. The normalized spacial score (nSPS) is 24.4. The molecule has 0 saturated heterocycles. The van der Waals surface area contributed by atoms with Crippen LogP contribution in [0.3, 0.4) is 0 Å². The molecule has 0 spiro atoms. The average molecular weight is 272 g/mol. The molecule has 1 aromatic heterocycles. The van der Waals surface area contributed by atoms with E-state index < -0.39 is 12.1 Å². The minimum absolute atomic E-state index is 0.224. The summed E-state index contributed by atoms with van der Waals surface area (Å²) in [5, 5.41) is 3.33. The molecule has 19 heavy (non-hydrogen) atoms. The second-order valence-corrected chi connectivity index (χ2v) is 5.12. The molecule has 5 heteroatoms. The van der Waals surface area contributed by atoms with Crippen LogP contribution in [-0.2, 0) is 6.42 Å². The quantitative estimate of drug-likeness (QED) is 0.909. The number of nitrogens with one attached hydrogen (secondary N) is 1. The predicted molar refractivity (Wildman–Crippen MR) is 67.7 cm³/mol. The molecule has 0 unspecified atom stereocenters. The van der Waals surface area contributed by atoms with Gasteiger partial charge in [0.2, 0.25) is 0 Å². The molecule has 1 heterocycles. The van der Waals surface area contributed by atoms with Crippen LogP contribution in [0.15, 0.2) is 24.4 Å². The Labute approximate surface area is 111 Å². The van der Waals surface area contributed by atoms with Crippen molar-refractivity contribution >= 4 is 0 Å². The van der Waals surface area contributed by atoms with Gasteiger partial charge >= 0.3 is 6.18 Å². The lowest BCUT2D eigenvalue weighted by Gasteiger charge is -2.30. The Balaban J connectivity index is 1.66. The lowest BCUT2D eigenvalue weighted by Crippen LogP contribution is -2.37. The Morgan fingerprint density at radius 3 is 2.47 bits per heavy atom. The SMILES string of the molecule is FC(F)(F)C1CCC(NCCc2ccccn2)CC1. The number of hydrogen-bond acceptors (Lipinski definition) is 2. The summed E-state index contributed by atoms with van der Waals surface area (Å²) < 4.78 is 37.5. The molecule has 0 aliphatic heterocycles. The maximum absolute atomic E-state index is 12.5. The van der Waals surface area contributed by atoms with Gasteiger partial charge in [0.05, 0.1) is 5.92 Å². The second kappa shape index (κ2) is 6.37. The van der Waals surface area contributed by atoms with Gasteiger partial charge in [-0.2, -0.15) is 13.2 Å². The molecule has 1 aliphatic rings. The van der Waals surface area contributed by atoms with Crippen LogP contribution in [-0.4, -0.2) is 23.7 Å². The van der Waals surface area contributed by atoms with E-state index in [-0.39, 0.29) is 18.9 Å². The van der Waals surface area contributed by atoms with E-state index in [0.717, 1.165) is 18.7 Å². The van der Waals surface area contributed by atoms with Crippen LogP contribution >= 0.6 is 0 Å².